The van der Waals surface area contributed by atoms with Crippen LogP contribution in [0.5, 0.6) is 0 Å². The minimum atomic E-state index is -1.33. The Kier molecular flexibility index (Phi) is 2.13. The van der Waals surface area contributed by atoms with Crippen molar-refractivity contribution in [3.63, 3.8) is 0 Å². The molecule has 1 aliphatic rings. The van der Waals surface area contributed by atoms with Gasteiger partial charge in [-0.1, -0.05) is 11.6 Å². The molecule has 0 radical (unpaired) electrons. The number of rotatable bonds is 0. The average molecular weight is 227 g/mol. The highest BCUT2D eigenvalue weighted by molar-refractivity contribution is 6.30. The zero-order valence-electron chi connectivity index (χ0n) is 8.41. The molecule has 1 unspecified atom stereocenters. The number of nitrogens with zero attached hydrogens (tertiary/aromatic N) is 1. The van der Waals surface area contributed by atoms with Gasteiger partial charge in [-0.3, -0.25) is 4.90 Å². The molecule has 0 saturated heterocycles. The number of amides is 2. The predicted octanol–water partition coefficient (Wildman–Crippen LogP) is 1.98. The summed E-state index contributed by atoms with van der Waals surface area (Å²) in [5.74, 6) is 0. The van der Waals surface area contributed by atoms with E-state index in [4.69, 9.17) is 11.6 Å². The Morgan fingerprint density at radius 1 is 1.53 bits per heavy atom. The highest BCUT2D eigenvalue weighted by atomic mass is 35.5. The van der Waals surface area contributed by atoms with Crippen LogP contribution in [-0.4, -0.2) is 23.1 Å². The molecular formula is C10H11ClN2O2. The van der Waals surface area contributed by atoms with Gasteiger partial charge in [0.1, 0.15) is 0 Å². The van der Waals surface area contributed by atoms with Gasteiger partial charge < -0.3 is 10.4 Å². The van der Waals surface area contributed by atoms with E-state index >= 15 is 0 Å². The molecule has 0 spiro atoms. The normalized spacial score (nSPS) is 24.8. The first-order chi connectivity index (χ1) is 6.93. The second kappa shape index (κ2) is 3.12. The number of hydrogen-bond donors (Lipinski definition) is 2. The van der Waals surface area contributed by atoms with E-state index in [1.54, 1.807) is 25.1 Å². The minimum absolute atomic E-state index is 0.338. The SMILES string of the molecule is CN1C(=O)Nc2ccc(Cl)cc2C1(C)O. The Balaban J connectivity index is 2.62. The molecular weight excluding hydrogens is 216 g/mol. The third-order valence-corrected chi connectivity index (χ3v) is 2.93. The molecule has 0 fully saturated rings. The van der Waals surface area contributed by atoms with Crippen molar-refractivity contribution in [3.8, 4) is 0 Å². The van der Waals surface area contributed by atoms with Gasteiger partial charge in [0.25, 0.3) is 0 Å². The summed E-state index contributed by atoms with van der Waals surface area (Å²) >= 11 is 5.85. The molecule has 0 aromatic heterocycles. The summed E-state index contributed by atoms with van der Waals surface area (Å²) in [6.45, 7) is 1.56. The van der Waals surface area contributed by atoms with Gasteiger partial charge in [0.05, 0.1) is 5.69 Å². The summed E-state index contributed by atoms with van der Waals surface area (Å²) in [5.41, 5.74) is -0.146. The summed E-state index contributed by atoms with van der Waals surface area (Å²) in [7, 11) is 1.53. The number of aliphatic hydroxyl groups is 1. The molecule has 15 heavy (non-hydrogen) atoms. The summed E-state index contributed by atoms with van der Waals surface area (Å²) in [4.78, 5) is 12.7. The Bertz CT molecular complexity index is 431. The van der Waals surface area contributed by atoms with Gasteiger partial charge in [-0.25, -0.2) is 4.79 Å². The zero-order valence-corrected chi connectivity index (χ0v) is 9.17. The van der Waals surface area contributed by atoms with Crippen molar-refractivity contribution in [2.24, 2.45) is 0 Å². The van der Waals surface area contributed by atoms with Gasteiger partial charge in [0.15, 0.2) is 5.72 Å². The van der Waals surface area contributed by atoms with E-state index in [1.807, 2.05) is 0 Å². The van der Waals surface area contributed by atoms with E-state index in [0.29, 0.717) is 16.3 Å². The van der Waals surface area contributed by atoms with Crippen LogP contribution < -0.4 is 5.32 Å². The highest BCUT2D eigenvalue weighted by Crippen LogP contribution is 2.36. The fourth-order valence-electron chi connectivity index (χ4n) is 1.59. The molecule has 0 bridgehead atoms. The molecule has 0 aliphatic carbocycles. The van der Waals surface area contributed by atoms with Gasteiger partial charge in [0, 0.05) is 17.6 Å². The van der Waals surface area contributed by atoms with Crippen LogP contribution in [0.1, 0.15) is 12.5 Å². The molecule has 80 valence electrons. The molecule has 0 saturated carbocycles. The van der Waals surface area contributed by atoms with E-state index in [9.17, 15) is 9.90 Å². The Morgan fingerprint density at radius 2 is 2.20 bits per heavy atom. The van der Waals surface area contributed by atoms with Crippen molar-refractivity contribution in [2.45, 2.75) is 12.6 Å². The van der Waals surface area contributed by atoms with Gasteiger partial charge >= 0.3 is 6.03 Å². The lowest BCUT2D eigenvalue weighted by molar-refractivity contribution is -0.0590. The molecule has 1 aromatic carbocycles. The fourth-order valence-corrected chi connectivity index (χ4v) is 1.77. The summed E-state index contributed by atoms with van der Waals surface area (Å²) < 4.78 is 0. The number of urea groups is 1. The molecule has 1 aromatic rings. The smallest absolute Gasteiger partial charge is 0.324 e. The molecule has 1 heterocycles. The molecule has 1 atom stereocenters. The second-order valence-electron chi connectivity index (χ2n) is 3.70. The van der Waals surface area contributed by atoms with Crippen molar-refractivity contribution < 1.29 is 9.90 Å². The Labute approximate surface area is 92.5 Å². The van der Waals surface area contributed by atoms with Gasteiger partial charge in [-0.15, -0.1) is 0 Å². The van der Waals surface area contributed by atoms with Gasteiger partial charge in [-0.2, -0.15) is 0 Å². The minimum Gasteiger partial charge on any atom is -0.367 e. The largest absolute Gasteiger partial charge is 0.367 e. The Hall–Kier alpha value is -1.26. The standard InChI is InChI=1S/C10H11ClN2O2/c1-10(15)7-5-6(11)3-4-8(7)12-9(14)13(10)2/h3-5,15H,1-2H3,(H,12,14). The van der Waals surface area contributed by atoms with Crippen molar-refractivity contribution >= 4 is 23.3 Å². The Morgan fingerprint density at radius 3 is 2.87 bits per heavy atom. The van der Waals surface area contributed by atoms with Crippen LogP contribution in [0.4, 0.5) is 10.5 Å². The molecule has 4 nitrogen and oxygen atoms in total. The number of carbonyl (C=O) groups is 1. The van der Waals surface area contributed by atoms with Crippen molar-refractivity contribution in [1.82, 2.24) is 4.90 Å². The number of carbonyl (C=O) groups excluding carboxylic acids is 1. The predicted molar refractivity (Wildman–Crippen MR) is 57.8 cm³/mol. The number of nitrogens with one attached hydrogen (secondary N) is 1. The topological polar surface area (TPSA) is 52.6 Å². The molecule has 2 amide bonds. The first-order valence-electron chi connectivity index (χ1n) is 4.50. The van der Waals surface area contributed by atoms with Crippen molar-refractivity contribution in [1.29, 1.82) is 0 Å². The zero-order chi connectivity index (χ0) is 11.2. The summed E-state index contributed by atoms with van der Waals surface area (Å²) in [5, 5.41) is 13.4. The number of halogens is 1. The van der Waals surface area contributed by atoms with E-state index < -0.39 is 5.72 Å². The van der Waals surface area contributed by atoms with Gasteiger partial charge in [-0.05, 0) is 25.1 Å². The highest BCUT2D eigenvalue weighted by Gasteiger charge is 2.38. The van der Waals surface area contributed by atoms with Crippen LogP contribution in [0.2, 0.25) is 5.02 Å². The maximum absolute atomic E-state index is 11.5. The van der Waals surface area contributed by atoms with Gasteiger partial charge in [0.2, 0.25) is 0 Å². The van der Waals surface area contributed by atoms with Crippen LogP contribution >= 0.6 is 11.6 Å². The monoisotopic (exact) mass is 226 g/mol. The van der Waals surface area contributed by atoms with E-state index in [-0.39, 0.29) is 6.03 Å². The van der Waals surface area contributed by atoms with E-state index in [1.165, 1.54) is 11.9 Å². The van der Waals surface area contributed by atoms with Crippen LogP contribution in [0.3, 0.4) is 0 Å². The lowest BCUT2D eigenvalue weighted by atomic mass is 9.99. The maximum Gasteiger partial charge on any atom is 0.324 e. The molecule has 1 aliphatic heterocycles. The summed E-state index contributed by atoms with van der Waals surface area (Å²) in [6, 6.07) is 4.65. The quantitative estimate of drug-likeness (QED) is 0.711. The third kappa shape index (κ3) is 1.46. The first kappa shape index (κ1) is 10.3. The number of hydrogen-bond acceptors (Lipinski definition) is 2. The fraction of sp³-hybridized carbons (Fsp3) is 0.300. The van der Waals surface area contributed by atoms with Crippen molar-refractivity contribution in [3.05, 3.63) is 28.8 Å². The molecule has 2 N–H and O–H groups in total. The van der Waals surface area contributed by atoms with E-state index in [2.05, 4.69) is 5.32 Å². The average Bonchev–Trinajstić information content (AvgIpc) is 2.17. The molecule has 2 rings (SSSR count). The van der Waals surface area contributed by atoms with Crippen LogP contribution in [0, 0.1) is 0 Å². The number of benzene rings is 1. The molecule has 5 heteroatoms. The van der Waals surface area contributed by atoms with Crippen LogP contribution in [-0.2, 0) is 5.72 Å². The first-order valence-corrected chi connectivity index (χ1v) is 4.88. The van der Waals surface area contributed by atoms with E-state index in [0.717, 1.165) is 0 Å². The lowest BCUT2D eigenvalue weighted by Gasteiger charge is -2.39. The van der Waals surface area contributed by atoms with Crippen LogP contribution in [0.25, 0.3) is 0 Å². The number of anilines is 1. The van der Waals surface area contributed by atoms with Crippen molar-refractivity contribution in [2.75, 3.05) is 12.4 Å². The maximum atomic E-state index is 11.5. The summed E-state index contributed by atoms with van der Waals surface area (Å²) in [6.07, 6.45) is 0. The second-order valence-corrected chi connectivity index (χ2v) is 4.14. The number of fused-ring (bicyclic) bond motifs is 1. The third-order valence-electron chi connectivity index (χ3n) is 2.69. The van der Waals surface area contributed by atoms with Crippen LogP contribution in [0.15, 0.2) is 18.2 Å². The lowest BCUT2D eigenvalue weighted by Crippen LogP contribution is -2.50.